The van der Waals surface area contributed by atoms with Gasteiger partial charge in [-0.05, 0) is 31.4 Å². The molecule has 0 unspecified atom stereocenters. The molecule has 2 N–H and O–H groups in total. The van der Waals surface area contributed by atoms with Gasteiger partial charge < -0.3 is 10.5 Å². The van der Waals surface area contributed by atoms with E-state index in [1.54, 1.807) is 18.4 Å². The minimum Gasteiger partial charge on any atom is -0.497 e. The summed E-state index contributed by atoms with van der Waals surface area (Å²) in [5, 5.41) is 3.14. The van der Waals surface area contributed by atoms with Crippen molar-refractivity contribution in [2.24, 2.45) is 5.73 Å². The van der Waals surface area contributed by atoms with Crippen LogP contribution in [0.15, 0.2) is 29.6 Å². The van der Waals surface area contributed by atoms with E-state index >= 15 is 0 Å². The van der Waals surface area contributed by atoms with Gasteiger partial charge in [0.25, 0.3) is 0 Å². The summed E-state index contributed by atoms with van der Waals surface area (Å²) in [6.45, 7) is 0. The first-order valence-corrected chi connectivity index (χ1v) is 6.98. The van der Waals surface area contributed by atoms with Crippen molar-refractivity contribution in [1.82, 2.24) is 4.98 Å². The maximum atomic E-state index is 6.29. The zero-order valence-electron chi connectivity index (χ0n) is 10.3. The van der Waals surface area contributed by atoms with Gasteiger partial charge in [-0.25, -0.2) is 4.98 Å². The molecular weight excluding hydrogens is 244 g/mol. The Kier molecular flexibility index (Phi) is 2.84. The van der Waals surface area contributed by atoms with Gasteiger partial charge in [0.2, 0.25) is 0 Å². The van der Waals surface area contributed by atoms with Crippen molar-refractivity contribution in [2.45, 2.75) is 24.8 Å². The molecule has 0 radical (unpaired) electrons. The topological polar surface area (TPSA) is 48.1 Å². The van der Waals surface area contributed by atoms with Crippen LogP contribution in [0.25, 0.3) is 11.3 Å². The molecule has 2 aromatic rings. The van der Waals surface area contributed by atoms with Crippen LogP contribution in [0.1, 0.15) is 24.3 Å². The summed E-state index contributed by atoms with van der Waals surface area (Å²) in [6, 6.07) is 7.97. The highest BCUT2D eigenvalue weighted by Gasteiger charge is 2.37. The molecule has 18 heavy (non-hydrogen) atoms. The lowest BCUT2D eigenvalue weighted by molar-refractivity contribution is 0.253. The van der Waals surface area contributed by atoms with E-state index in [1.165, 1.54) is 6.42 Å². The van der Waals surface area contributed by atoms with Crippen molar-refractivity contribution in [3.05, 3.63) is 34.7 Å². The van der Waals surface area contributed by atoms with Gasteiger partial charge in [-0.2, -0.15) is 0 Å². The summed E-state index contributed by atoms with van der Waals surface area (Å²) in [7, 11) is 1.68. The van der Waals surface area contributed by atoms with Crippen LogP contribution in [-0.4, -0.2) is 12.1 Å². The van der Waals surface area contributed by atoms with Crippen LogP contribution >= 0.6 is 11.3 Å². The van der Waals surface area contributed by atoms with E-state index in [1.807, 2.05) is 24.3 Å². The van der Waals surface area contributed by atoms with E-state index < -0.39 is 0 Å². The van der Waals surface area contributed by atoms with E-state index in [0.717, 1.165) is 34.9 Å². The van der Waals surface area contributed by atoms with E-state index in [0.29, 0.717) is 0 Å². The third kappa shape index (κ3) is 1.91. The van der Waals surface area contributed by atoms with Gasteiger partial charge in [-0.3, -0.25) is 0 Å². The Balaban J connectivity index is 1.92. The van der Waals surface area contributed by atoms with Crippen LogP contribution in [0.3, 0.4) is 0 Å². The number of benzene rings is 1. The van der Waals surface area contributed by atoms with Crippen molar-refractivity contribution in [2.75, 3.05) is 7.11 Å². The standard InChI is InChI=1S/C14H16N2OS/c1-17-11-5-2-4-10(8-11)12-9-18-13(16-12)14(15)6-3-7-14/h2,4-5,8-9H,3,6-7,15H2,1H3. The van der Waals surface area contributed by atoms with Crippen molar-refractivity contribution >= 4 is 11.3 Å². The van der Waals surface area contributed by atoms with Gasteiger partial charge in [0.15, 0.2) is 0 Å². The molecule has 1 fully saturated rings. The molecule has 0 spiro atoms. The molecule has 0 amide bonds. The maximum absolute atomic E-state index is 6.29. The highest BCUT2D eigenvalue weighted by atomic mass is 32.1. The molecule has 4 heteroatoms. The lowest BCUT2D eigenvalue weighted by Crippen LogP contribution is -2.43. The average molecular weight is 260 g/mol. The second-order valence-corrected chi connectivity index (χ2v) is 5.64. The average Bonchev–Trinajstić information content (AvgIpc) is 2.86. The zero-order chi connectivity index (χ0) is 12.6. The monoisotopic (exact) mass is 260 g/mol. The summed E-state index contributed by atoms with van der Waals surface area (Å²) < 4.78 is 5.23. The Labute approximate surface area is 111 Å². The summed E-state index contributed by atoms with van der Waals surface area (Å²) >= 11 is 1.66. The molecule has 3 rings (SSSR count). The Morgan fingerprint density at radius 3 is 2.89 bits per heavy atom. The molecule has 0 bridgehead atoms. The van der Waals surface area contributed by atoms with Crippen LogP contribution in [0.4, 0.5) is 0 Å². The van der Waals surface area contributed by atoms with Gasteiger partial charge in [-0.1, -0.05) is 12.1 Å². The minimum absolute atomic E-state index is 0.165. The van der Waals surface area contributed by atoms with E-state index in [-0.39, 0.29) is 5.54 Å². The van der Waals surface area contributed by atoms with Crippen molar-refractivity contribution in [1.29, 1.82) is 0 Å². The molecule has 0 saturated heterocycles. The fraction of sp³-hybridized carbons (Fsp3) is 0.357. The number of aromatic nitrogens is 1. The summed E-state index contributed by atoms with van der Waals surface area (Å²) in [5.41, 5.74) is 8.20. The fourth-order valence-corrected chi connectivity index (χ4v) is 3.19. The predicted molar refractivity (Wildman–Crippen MR) is 73.8 cm³/mol. The quantitative estimate of drug-likeness (QED) is 0.922. The third-order valence-corrected chi connectivity index (χ3v) is 4.60. The highest BCUT2D eigenvalue weighted by Crippen LogP contribution is 2.41. The number of nitrogens with zero attached hydrogens (tertiary/aromatic N) is 1. The van der Waals surface area contributed by atoms with Crippen molar-refractivity contribution < 1.29 is 4.74 Å². The number of hydrogen-bond acceptors (Lipinski definition) is 4. The molecule has 3 nitrogen and oxygen atoms in total. The second kappa shape index (κ2) is 4.37. The van der Waals surface area contributed by atoms with Crippen molar-refractivity contribution in [3.63, 3.8) is 0 Å². The second-order valence-electron chi connectivity index (χ2n) is 4.78. The first-order valence-electron chi connectivity index (χ1n) is 6.11. The minimum atomic E-state index is -0.165. The molecule has 1 heterocycles. The molecule has 1 aliphatic carbocycles. The third-order valence-electron chi connectivity index (χ3n) is 3.54. The highest BCUT2D eigenvalue weighted by molar-refractivity contribution is 7.10. The molecule has 1 aromatic heterocycles. The number of methoxy groups -OCH3 is 1. The summed E-state index contributed by atoms with van der Waals surface area (Å²) in [6.07, 6.45) is 3.32. The fourth-order valence-electron chi connectivity index (χ4n) is 2.19. The first-order chi connectivity index (χ1) is 8.71. The SMILES string of the molecule is COc1cccc(-c2csc(C3(N)CCC3)n2)c1. The van der Waals surface area contributed by atoms with Gasteiger partial charge in [0.1, 0.15) is 10.8 Å². The maximum Gasteiger partial charge on any atom is 0.119 e. The Hall–Kier alpha value is -1.39. The number of ether oxygens (including phenoxy) is 1. The van der Waals surface area contributed by atoms with Crippen LogP contribution in [0.2, 0.25) is 0 Å². The number of thiazole rings is 1. The zero-order valence-corrected chi connectivity index (χ0v) is 11.2. The Bertz CT molecular complexity index is 560. The molecular formula is C14H16N2OS. The smallest absolute Gasteiger partial charge is 0.119 e. The molecule has 1 saturated carbocycles. The van der Waals surface area contributed by atoms with E-state index in [4.69, 9.17) is 10.5 Å². The summed E-state index contributed by atoms with van der Waals surface area (Å²) in [4.78, 5) is 4.69. The van der Waals surface area contributed by atoms with Crippen LogP contribution < -0.4 is 10.5 Å². The first kappa shape index (κ1) is 11.7. The van der Waals surface area contributed by atoms with E-state index in [9.17, 15) is 0 Å². The molecule has 1 aromatic carbocycles. The van der Waals surface area contributed by atoms with Crippen molar-refractivity contribution in [3.8, 4) is 17.0 Å². The number of nitrogens with two attached hydrogens (primary N) is 1. The van der Waals surface area contributed by atoms with Crippen LogP contribution in [-0.2, 0) is 5.54 Å². The van der Waals surface area contributed by atoms with Crippen LogP contribution in [0, 0.1) is 0 Å². The van der Waals surface area contributed by atoms with E-state index in [2.05, 4.69) is 10.4 Å². The molecule has 0 aliphatic heterocycles. The summed E-state index contributed by atoms with van der Waals surface area (Å²) in [5.74, 6) is 0.855. The lowest BCUT2D eigenvalue weighted by atomic mass is 9.78. The van der Waals surface area contributed by atoms with Gasteiger partial charge in [0, 0.05) is 10.9 Å². The van der Waals surface area contributed by atoms with Gasteiger partial charge in [-0.15, -0.1) is 11.3 Å². The van der Waals surface area contributed by atoms with Gasteiger partial charge in [0.05, 0.1) is 18.3 Å². The predicted octanol–water partition coefficient (Wildman–Crippen LogP) is 3.16. The molecule has 1 aliphatic rings. The number of hydrogen-bond donors (Lipinski definition) is 1. The number of rotatable bonds is 3. The van der Waals surface area contributed by atoms with Crippen LogP contribution in [0.5, 0.6) is 5.75 Å². The normalized spacial score (nSPS) is 17.2. The molecule has 0 atom stereocenters. The largest absolute Gasteiger partial charge is 0.497 e. The Morgan fingerprint density at radius 2 is 2.22 bits per heavy atom. The van der Waals surface area contributed by atoms with Gasteiger partial charge >= 0.3 is 0 Å². The molecule has 94 valence electrons. The lowest BCUT2D eigenvalue weighted by Gasteiger charge is -2.35. The Morgan fingerprint density at radius 1 is 1.39 bits per heavy atom.